The normalized spacial score (nSPS) is 11.0. The number of nitrogens with one attached hydrogen (secondary N) is 1. The number of amides is 1. The molecule has 2 heterocycles. The molecule has 0 aliphatic carbocycles. The monoisotopic (exact) mass is 430 g/mol. The van der Waals surface area contributed by atoms with E-state index in [0.717, 1.165) is 45.4 Å². The van der Waals surface area contributed by atoms with Crippen LogP contribution in [0.15, 0.2) is 53.9 Å². The van der Waals surface area contributed by atoms with Crippen LogP contribution in [-0.2, 0) is 17.6 Å². The number of carbonyl (C=O) groups excluding carboxylic acids is 1. The highest BCUT2D eigenvalue weighted by molar-refractivity contribution is 7.12. The van der Waals surface area contributed by atoms with Gasteiger partial charge in [0.05, 0.1) is 17.8 Å². The van der Waals surface area contributed by atoms with Gasteiger partial charge in [0.15, 0.2) is 0 Å². The van der Waals surface area contributed by atoms with Crippen LogP contribution >= 0.6 is 11.3 Å². The number of benzene rings is 2. The number of rotatable bonds is 6. The van der Waals surface area contributed by atoms with Crippen LogP contribution < -0.4 is 5.32 Å². The molecule has 0 saturated heterocycles. The van der Waals surface area contributed by atoms with Crippen molar-refractivity contribution in [2.24, 2.45) is 0 Å². The van der Waals surface area contributed by atoms with Crippen molar-refractivity contribution in [2.45, 2.75) is 40.5 Å². The number of thiazole rings is 1. The summed E-state index contributed by atoms with van der Waals surface area (Å²) in [4.78, 5) is 17.2. The van der Waals surface area contributed by atoms with Crippen molar-refractivity contribution in [3.63, 3.8) is 0 Å². The maximum atomic E-state index is 12.6. The minimum Gasteiger partial charge on any atom is -0.325 e. The van der Waals surface area contributed by atoms with Crippen LogP contribution in [-0.4, -0.2) is 20.7 Å². The molecule has 0 spiro atoms. The van der Waals surface area contributed by atoms with Gasteiger partial charge in [0.2, 0.25) is 11.0 Å². The Morgan fingerprint density at radius 1 is 1.03 bits per heavy atom. The minimum absolute atomic E-state index is 0.0660. The molecule has 158 valence electrons. The third kappa shape index (κ3) is 4.59. The third-order valence-electron chi connectivity index (χ3n) is 5.61. The fraction of sp³-hybridized carbons (Fsp3) is 0.240. The van der Waals surface area contributed by atoms with Gasteiger partial charge in [-0.1, -0.05) is 42.5 Å². The summed E-state index contributed by atoms with van der Waals surface area (Å²) < 4.78 is 1.89. The third-order valence-corrected chi connectivity index (χ3v) is 6.47. The standard InChI is InChI=1S/C25H26N4OS/c1-16-9-8-12-23(17(16)2)27-24(30)14-21-15-31-25(26-21)29-19(4)22(18(3)28-29)13-20-10-6-5-7-11-20/h5-12,15H,13-14H2,1-4H3,(H,27,30). The highest BCUT2D eigenvalue weighted by atomic mass is 32.1. The van der Waals surface area contributed by atoms with Gasteiger partial charge in [-0.25, -0.2) is 9.67 Å². The molecule has 0 fully saturated rings. The molecular formula is C25H26N4OS. The fourth-order valence-electron chi connectivity index (χ4n) is 3.64. The van der Waals surface area contributed by atoms with E-state index in [1.807, 2.05) is 55.1 Å². The van der Waals surface area contributed by atoms with Crippen molar-refractivity contribution in [1.29, 1.82) is 0 Å². The maximum absolute atomic E-state index is 12.6. The number of aryl methyl sites for hydroxylation is 2. The van der Waals surface area contributed by atoms with Gasteiger partial charge >= 0.3 is 0 Å². The molecule has 2 aromatic carbocycles. The first-order valence-corrected chi connectivity index (χ1v) is 11.2. The molecule has 0 aliphatic heterocycles. The second-order valence-electron chi connectivity index (χ2n) is 7.82. The average Bonchev–Trinajstić information content (AvgIpc) is 3.31. The summed E-state index contributed by atoms with van der Waals surface area (Å²) in [5.74, 6) is -0.0660. The molecule has 1 amide bonds. The zero-order chi connectivity index (χ0) is 22.0. The van der Waals surface area contributed by atoms with Crippen molar-refractivity contribution in [1.82, 2.24) is 14.8 Å². The molecule has 0 aliphatic rings. The largest absolute Gasteiger partial charge is 0.325 e. The summed E-state index contributed by atoms with van der Waals surface area (Å²) in [5, 5.41) is 10.4. The van der Waals surface area contributed by atoms with Crippen LogP contribution in [0.3, 0.4) is 0 Å². The Morgan fingerprint density at radius 3 is 2.58 bits per heavy atom. The lowest BCUT2D eigenvalue weighted by Gasteiger charge is -2.09. The molecule has 6 heteroatoms. The van der Waals surface area contributed by atoms with Crippen LogP contribution in [0.2, 0.25) is 0 Å². The van der Waals surface area contributed by atoms with Crippen LogP contribution in [0.1, 0.15) is 39.3 Å². The summed E-state index contributed by atoms with van der Waals surface area (Å²) in [7, 11) is 0. The van der Waals surface area contributed by atoms with Gasteiger partial charge in [-0.15, -0.1) is 11.3 Å². The van der Waals surface area contributed by atoms with Crippen molar-refractivity contribution in [3.05, 3.63) is 93.2 Å². The number of hydrogen-bond acceptors (Lipinski definition) is 4. The van der Waals surface area contributed by atoms with Crippen LogP contribution in [0, 0.1) is 27.7 Å². The zero-order valence-electron chi connectivity index (χ0n) is 18.3. The van der Waals surface area contributed by atoms with E-state index < -0.39 is 0 Å². The van der Waals surface area contributed by atoms with E-state index in [1.54, 1.807) is 0 Å². The number of carbonyl (C=O) groups is 1. The summed E-state index contributed by atoms with van der Waals surface area (Å²) in [6.45, 7) is 8.17. The van der Waals surface area contributed by atoms with Gasteiger partial charge in [-0.3, -0.25) is 4.79 Å². The first-order chi connectivity index (χ1) is 14.9. The highest BCUT2D eigenvalue weighted by Crippen LogP contribution is 2.24. The van der Waals surface area contributed by atoms with E-state index in [2.05, 4.69) is 41.5 Å². The maximum Gasteiger partial charge on any atom is 0.230 e. The van der Waals surface area contributed by atoms with E-state index in [9.17, 15) is 4.79 Å². The van der Waals surface area contributed by atoms with Crippen LogP contribution in [0.5, 0.6) is 0 Å². The molecule has 0 unspecified atom stereocenters. The Labute approximate surface area is 186 Å². The molecule has 0 atom stereocenters. The van der Waals surface area contributed by atoms with Crippen molar-refractivity contribution in [3.8, 4) is 5.13 Å². The molecule has 0 bridgehead atoms. The molecule has 2 aromatic heterocycles. The quantitative estimate of drug-likeness (QED) is 0.449. The van der Waals surface area contributed by atoms with Gasteiger partial charge in [0.25, 0.3) is 0 Å². The molecule has 4 aromatic rings. The van der Waals surface area contributed by atoms with Gasteiger partial charge < -0.3 is 5.32 Å². The van der Waals surface area contributed by atoms with Gasteiger partial charge in [-0.2, -0.15) is 5.10 Å². The average molecular weight is 431 g/mol. The minimum atomic E-state index is -0.0660. The van der Waals surface area contributed by atoms with E-state index in [-0.39, 0.29) is 12.3 Å². The molecule has 31 heavy (non-hydrogen) atoms. The molecule has 1 N–H and O–H groups in total. The fourth-order valence-corrected chi connectivity index (χ4v) is 4.46. The highest BCUT2D eigenvalue weighted by Gasteiger charge is 2.16. The Hall–Kier alpha value is -3.25. The SMILES string of the molecule is Cc1cccc(NC(=O)Cc2csc(-n3nc(C)c(Cc4ccccc4)c3C)n2)c1C. The van der Waals surface area contributed by atoms with Crippen molar-refractivity contribution < 1.29 is 4.79 Å². The molecule has 5 nitrogen and oxygen atoms in total. The van der Waals surface area contributed by atoms with Crippen molar-refractivity contribution >= 4 is 22.9 Å². The van der Waals surface area contributed by atoms with Crippen LogP contribution in [0.25, 0.3) is 5.13 Å². The summed E-state index contributed by atoms with van der Waals surface area (Å²) >= 11 is 1.51. The Balaban J connectivity index is 1.49. The first kappa shape index (κ1) is 21.0. The zero-order valence-corrected chi connectivity index (χ0v) is 19.1. The van der Waals surface area contributed by atoms with E-state index in [4.69, 9.17) is 5.10 Å². The van der Waals surface area contributed by atoms with E-state index in [0.29, 0.717) is 0 Å². The topological polar surface area (TPSA) is 59.8 Å². The Kier molecular flexibility index (Phi) is 6.00. The van der Waals surface area contributed by atoms with Gasteiger partial charge in [0, 0.05) is 28.7 Å². The van der Waals surface area contributed by atoms with E-state index in [1.165, 1.54) is 22.5 Å². The number of nitrogens with zero attached hydrogens (tertiary/aromatic N) is 3. The predicted molar refractivity (Wildman–Crippen MR) is 126 cm³/mol. The summed E-state index contributed by atoms with van der Waals surface area (Å²) in [6.07, 6.45) is 1.08. The number of anilines is 1. The predicted octanol–water partition coefficient (Wildman–Crippen LogP) is 5.33. The first-order valence-electron chi connectivity index (χ1n) is 10.3. The molecule has 4 rings (SSSR count). The second kappa shape index (κ2) is 8.86. The Morgan fingerprint density at radius 2 is 1.81 bits per heavy atom. The lowest BCUT2D eigenvalue weighted by Crippen LogP contribution is -2.15. The number of aromatic nitrogens is 3. The Bertz CT molecular complexity index is 1220. The second-order valence-corrected chi connectivity index (χ2v) is 8.65. The number of hydrogen-bond donors (Lipinski definition) is 1. The molecule has 0 saturated carbocycles. The summed E-state index contributed by atoms with van der Waals surface area (Å²) in [5.41, 5.74) is 8.41. The van der Waals surface area contributed by atoms with Crippen LogP contribution in [0.4, 0.5) is 5.69 Å². The van der Waals surface area contributed by atoms with Gasteiger partial charge in [0.1, 0.15) is 0 Å². The lowest BCUT2D eigenvalue weighted by molar-refractivity contribution is -0.115. The van der Waals surface area contributed by atoms with Crippen molar-refractivity contribution in [2.75, 3.05) is 5.32 Å². The van der Waals surface area contributed by atoms with Gasteiger partial charge in [-0.05, 0) is 50.5 Å². The molecular weight excluding hydrogens is 404 g/mol. The van der Waals surface area contributed by atoms with E-state index >= 15 is 0 Å². The summed E-state index contributed by atoms with van der Waals surface area (Å²) in [6, 6.07) is 16.3. The lowest BCUT2D eigenvalue weighted by atomic mass is 10.0. The molecule has 0 radical (unpaired) electrons. The smallest absolute Gasteiger partial charge is 0.230 e.